The molecular formula is C22H37IN4O3. The van der Waals surface area contributed by atoms with Gasteiger partial charge in [-0.3, -0.25) is 9.79 Å². The summed E-state index contributed by atoms with van der Waals surface area (Å²) in [5, 5.41) is 6.62. The number of carbonyl (C=O) groups excluding carboxylic acids is 1. The van der Waals surface area contributed by atoms with Crippen LogP contribution in [0, 0.1) is 0 Å². The molecule has 1 amide bonds. The normalized spacial score (nSPS) is 14.5. The third kappa shape index (κ3) is 10.4. The number of hydrogen-bond acceptors (Lipinski definition) is 4. The molecule has 7 nitrogen and oxygen atoms in total. The zero-order chi connectivity index (χ0) is 20.7. The molecule has 1 saturated heterocycles. The number of nitrogens with one attached hydrogen (secondary N) is 2. The Morgan fingerprint density at radius 2 is 2.00 bits per heavy atom. The lowest BCUT2D eigenvalue weighted by atomic mass is 10.2. The Hall–Kier alpha value is -1.71. The average Bonchev–Trinajstić information content (AvgIpc) is 2.95. The van der Waals surface area contributed by atoms with Gasteiger partial charge in [0.25, 0.3) is 0 Å². The van der Waals surface area contributed by atoms with E-state index in [0.29, 0.717) is 25.5 Å². The maximum absolute atomic E-state index is 12.0. The third-order valence-corrected chi connectivity index (χ3v) is 4.80. The van der Waals surface area contributed by atoms with Crippen LogP contribution in [-0.2, 0) is 4.79 Å². The van der Waals surface area contributed by atoms with Gasteiger partial charge in [0.1, 0.15) is 11.5 Å². The van der Waals surface area contributed by atoms with Crippen molar-refractivity contribution in [1.82, 2.24) is 15.5 Å². The average molecular weight is 532 g/mol. The number of nitrogens with zero attached hydrogens (tertiary/aromatic N) is 2. The van der Waals surface area contributed by atoms with Crippen molar-refractivity contribution < 1.29 is 14.3 Å². The molecule has 0 atom stereocenters. The molecule has 0 unspecified atom stereocenters. The number of benzene rings is 1. The number of carbonyl (C=O) groups is 1. The second-order valence-electron chi connectivity index (χ2n) is 7.11. The summed E-state index contributed by atoms with van der Waals surface area (Å²) in [7, 11) is 1.65. The molecule has 1 aromatic carbocycles. The predicted octanol–water partition coefficient (Wildman–Crippen LogP) is 3.43. The highest BCUT2D eigenvalue weighted by atomic mass is 127. The first-order valence-electron chi connectivity index (χ1n) is 10.8. The molecule has 0 bridgehead atoms. The van der Waals surface area contributed by atoms with Gasteiger partial charge >= 0.3 is 0 Å². The Morgan fingerprint density at radius 1 is 1.17 bits per heavy atom. The van der Waals surface area contributed by atoms with Crippen LogP contribution in [0.4, 0.5) is 0 Å². The van der Waals surface area contributed by atoms with Crippen molar-refractivity contribution in [2.45, 2.75) is 45.4 Å². The maximum atomic E-state index is 12.0. The van der Waals surface area contributed by atoms with Crippen LogP contribution in [0.25, 0.3) is 0 Å². The molecule has 1 heterocycles. The van der Waals surface area contributed by atoms with Crippen LogP contribution >= 0.6 is 24.0 Å². The summed E-state index contributed by atoms with van der Waals surface area (Å²) < 4.78 is 10.9. The maximum Gasteiger partial charge on any atom is 0.222 e. The second kappa shape index (κ2) is 16.0. The fourth-order valence-electron chi connectivity index (χ4n) is 3.23. The molecule has 30 heavy (non-hydrogen) atoms. The molecule has 0 radical (unpaired) electrons. The molecule has 2 N–H and O–H groups in total. The summed E-state index contributed by atoms with van der Waals surface area (Å²) in [4.78, 5) is 18.6. The fraction of sp³-hybridized carbons (Fsp3) is 0.636. The van der Waals surface area contributed by atoms with E-state index >= 15 is 0 Å². The number of aliphatic imine (C=N–C) groups is 1. The topological polar surface area (TPSA) is 75.2 Å². The standard InChI is InChI=1S/C22H36N4O3.HI/c1-3-23-22(24-13-8-16-26-15-6-4-5-12-21(26)27)25-14-9-17-29-20-11-7-10-19(18-20)28-2;/h7,10-11,18H,3-6,8-9,12-17H2,1-2H3,(H2,23,24,25);1H. The van der Waals surface area contributed by atoms with Gasteiger partial charge in [-0.1, -0.05) is 12.5 Å². The SMILES string of the molecule is CCNC(=NCCCOc1cccc(OC)c1)NCCCN1CCCCCC1=O.I. The minimum atomic E-state index is 0. The quantitative estimate of drug-likeness (QED) is 0.198. The molecule has 1 aliphatic rings. The van der Waals surface area contributed by atoms with E-state index in [0.717, 1.165) is 69.3 Å². The van der Waals surface area contributed by atoms with Gasteiger partial charge in [-0.05, 0) is 38.3 Å². The number of rotatable bonds is 11. The van der Waals surface area contributed by atoms with Gasteiger partial charge < -0.3 is 25.0 Å². The smallest absolute Gasteiger partial charge is 0.222 e. The van der Waals surface area contributed by atoms with Crippen molar-refractivity contribution in [3.63, 3.8) is 0 Å². The first kappa shape index (κ1) is 26.3. The van der Waals surface area contributed by atoms with Crippen LogP contribution in [0.3, 0.4) is 0 Å². The van der Waals surface area contributed by atoms with Crippen LogP contribution in [0.15, 0.2) is 29.3 Å². The molecule has 1 aromatic rings. The lowest BCUT2D eigenvalue weighted by Gasteiger charge is -2.20. The number of likely N-dealkylation sites (tertiary alicyclic amines) is 1. The van der Waals surface area contributed by atoms with Gasteiger partial charge in [-0.15, -0.1) is 24.0 Å². The van der Waals surface area contributed by atoms with Crippen molar-refractivity contribution in [1.29, 1.82) is 0 Å². The third-order valence-electron chi connectivity index (χ3n) is 4.80. The molecule has 1 fully saturated rings. The number of amides is 1. The van der Waals surface area contributed by atoms with E-state index in [1.54, 1.807) is 7.11 Å². The van der Waals surface area contributed by atoms with E-state index < -0.39 is 0 Å². The summed E-state index contributed by atoms with van der Waals surface area (Å²) >= 11 is 0. The van der Waals surface area contributed by atoms with Crippen molar-refractivity contribution in [3.05, 3.63) is 24.3 Å². The summed E-state index contributed by atoms with van der Waals surface area (Å²) in [5.41, 5.74) is 0. The van der Waals surface area contributed by atoms with Gasteiger partial charge in [-0.25, -0.2) is 0 Å². The lowest BCUT2D eigenvalue weighted by molar-refractivity contribution is -0.130. The fourth-order valence-corrected chi connectivity index (χ4v) is 3.23. The number of ether oxygens (including phenoxy) is 2. The highest BCUT2D eigenvalue weighted by molar-refractivity contribution is 14.0. The Bertz CT molecular complexity index is 643. The van der Waals surface area contributed by atoms with E-state index in [4.69, 9.17) is 9.47 Å². The van der Waals surface area contributed by atoms with Gasteiger partial charge in [-0.2, -0.15) is 0 Å². The van der Waals surface area contributed by atoms with Crippen molar-refractivity contribution in [2.24, 2.45) is 4.99 Å². The van der Waals surface area contributed by atoms with Gasteiger partial charge in [0.15, 0.2) is 5.96 Å². The second-order valence-corrected chi connectivity index (χ2v) is 7.11. The lowest BCUT2D eigenvalue weighted by Crippen LogP contribution is -2.39. The first-order chi connectivity index (χ1) is 14.2. The molecule has 0 aromatic heterocycles. The number of hydrogen-bond donors (Lipinski definition) is 2. The van der Waals surface area contributed by atoms with Crippen molar-refractivity contribution in [3.8, 4) is 11.5 Å². The minimum absolute atomic E-state index is 0. The Kier molecular flexibility index (Phi) is 14.1. The summed E-state index contributed by atoms with van der Waals surface area (Å²) in [5.74, 6) is 2.72. The van der Waals surface area contributed by atoms with Gasteiger partial charge in [0.2, 0.25) is 5.91 Å². The largest absolute Gasteiger partial charge is 0.497 e. The van der Waals surface area contributed by atoms with Gasteiger partial charge in [0.05, 0.1) is 13.7 Å². The number of methoxy groups -OCH3 is 1. The highest BCUT2D eigenvalue weighted by Crippen LogP contribution is 2.18. The Balaban J connectivity index is 0.00000450. The molecule has 0 aliphatic carbocycles. The molecular weight excluding hydrogens is 495 g/mol. The molecule has 0 saturated carbocycles. The summed E-state index contributed by atoms with van der Waals surface area (Å²) in [6.07, 6.45) is 5.78. The van der Waals surface area contributed by atoms with E-state index in [-0.39, 0.29) is 24.0 Å². The van der Waals surface area contributed by atoms with Crippen molar-refractivity contribution in [2.75, 3.05) is 46.4 Å². The molecule has 8 heteroatoms. The predicted molar refractivity (Wildman–Crippen MR) is 132 cm³/mol. The zero-order valence-corrected chi connectivity index (χ0v) is 20.7. The van der Waals surface area contributed by atoms with Crippen molar-refractivity contribution >= 4 is 35.8 Å². The first-order valence-corrected chi connectivity index (χ1v) is 10.8. The summed E-state index contributed by atoms with van der Waals surface area (Å²) in [6.45, 7) is 6.68. The van der Waals surface area contributed by atoms with E-state index in [1.807, 2.05) is 29.2 Å². The molecule has 2 rings (SSSR count). The molecule has 170 valence electrons. The number of halogens is 1. The van der Waals surface area contributed by atoms with Crippen LogP contribution in [0.2, 0.25) is 0 Å². The monoisotopic (exact) mass is 532 g/mol. The van der Waals surface area contributed by atoms with Crippen LogP contribution < -0.4 is 20.1 Å². The molecule has 0 spiro atoms. The Morgan fingerprint density at radius 3 is 2.80 bits per heavy atom. The van der Waals surface area contributed by atoms with Crippen LogP contribution in [0.5, 0.6) is 11.5 Å². The van der Waals surface area contributed by atoms with Crippen LogP contribution in [-0.4, -0.2) is 63.2 Å². The van der Waals surface area contributed by atoms with E-state index in [1.165, 1.54) is 6.42 Å². The summed E-state index contributed by atoms with van der Waals surface area (Å²) in [6, 6.07) is 7.61. The highest BCUT2D eigenvalue weighted by Gasteiger charge is 2.15. The zero-order valence-electron chi connectivity index (χ0n) is 18.3. The minimum Gasteiger partial charge on any atom is -0.497 e. The van der Waals surface area contributed by atoms with Gasteiger partial charge in [0, 0.05) is 51.6 Å². The number of guanidine groups is 1. The van der Waals surface area contributed by atoms with E-state index in [2.05, 4.69) is 22.5 Å². The molecule has 1 aliphatic heterocycles. The Labute approximate surface area is 198 Å². The van der Waals surface area contributed by atoms with E-state index in [9.17, 15) is 4.79 Å². The van der Waals surface area contributed by atoms with Crippen LogP contribution in [0.1, 0.15) is 45.4 Å².